The fourth-order valence-corrected chi connectivity index (χ4v) is 2.33. The van der Waals surface area contributed by atoms with Crippen LogP contribution in [0.1, 0.15) is 25.3 Å². The molecule has 10 heteroatoms. The van der Waals surface area contributed by atoms with Crippen molar-refractivity contribution in [1.82, 2.24) is 5.32 Å². The second-order valence-electron chi connectivity index (χ2n) is 5.05. The Morgan fingerprint density at radius 2 is 1.92 bits per heavy atom. The minimum absolute atomic E-state index is 0.147. The Morgan fingerprint density at radius 3 is 2.52 bits per heavy atom. The van der Waals surface area contributed by atoms with Gasteiger partial charge in [0.25, 0.3) is 0 Å². The highest BCUT2D eigenvalue weighted by atomic mass is 31.2. The summed E-state index contributed by atoms with van der Waals surface area (Å²) in [6.07, 6.45) is 0.508. The summed E-state index contributed by atoms with van der Waals surface area (Å²) in [5.41, 5.74) is 0.646. The van der Waals surface area contributed by atoms with E-state index < -0.39 is 32.5 Å². The number of ether oxygens (including phenoxy) is 1. The van der Waals surface area contributed by atoms with Crippen LogP contribution >= 0.6 is 7.82 Å². The number of amides is 1. The van der Waals surface area contributed by atoms with Gasteiger partial charge in [0.2, 0.25) is 0 Å². The third-order valence-electron chi connectivity index (χ3n) is 2.96. The number of aliphatic carboxylic acids is 1. The first-order valence-electron chi connectivity index (χ1n) is 7.66. The summed E-state index contributed by atoms with van der Waals surface area (Å²) in [4.78, 5) is 32.1. The largest absolute Gasteiger partial charge is 0.480 e. The number of carbonyl (C=O) groups is 2. The topological polar surface area (TPSA) is 131 Å². The molecule has 0 spiro atoms. The molecule has 1 amide bonds. The van der Waals surface area contributed by atoms with Crippen molar-refractivity contribution in [3.05, 3.63) is 35.9 Å². The molecular formula is C15H22NO8P. The van der Waals surface area contributed by atoms with E-state index >= 15 is 0 Å². The Bertz CT molecular complexity index is 594. The first-order valence-corrected chi connectivity index (χ1v) is 9.15. The predicted molar refractivity (Wildman–Crippen MR) is 87.8 cm³/mol. The number of phosphoric acid groups is 1. The summed E-state index contributed by atoms with van der Waals surface area (Å²) in [7, 11) is -4.48. The Kier molecular flexibility index (Phi) is 9.15. The predicted octanol–water partition coefficient (Wildman–Crippen LogP) is 2.30. The molecule has 0 bridgehead atoms. The van der Waals surface area contributed by atoms with E-state index in [1.807, 2.05) is 12.2 Å². The van der Waals surface area contributed by atoms with E-state index in [1.165, 1.54) is 0 Å². The van der Waals surface area contributed by atoms with Crippen LogP contribution in [0, 0.1) is 0 Å². The molecule has 0 saturated carbocycles. The third kappa shape index (κ3) is 9.21. The molecule has 0 aliphatic heterocycles. The molecule has 1 aromatic carbocycles. The van der Waals surface area contributed by atoms with Crippen molar-refractivity contribution < 1.29 is 37.9 Å². The van der Waals surface area contributed by atoms with Gasteiger partial charge in [0.15, 0.2) is 6.04 Å². The number of hydrogen-bond acceptors (Lipinski definition) is 6. The van der Waals surface area contributed by atoms with Gasteiger partial charge in [-0.05, 0) is 12.0 Å². The van der Waals surface area contributed by atoms with Crippen LogP contribution in [-0.4, -0.2) is 41.3 Å². The quantitative estimate of drug-likeness (QED) is 0.397. The highest BCUT2D eigenvalue weighted by Gasteiger charge is 2.28. The normalized spacial score (nSPS) is 14.3. The summed E-state index contributed by atoms with van der Waals surface area (Å²) in [5, 5.41) is 11.1. The van der Waals surface area contributed by atoms with Gasteiger partial charge in [0, 0.05) is 0 Å². The zero-order valence-corrected chi connectivity index (χ0v) is 14.7. The maximum Gasteiger partial charge on any atom is 0.472 e. The molecule has 0 heterocycles. The van der Waals surface area contributed by atoms with E-state index in [1.54, 1.807) is 30.3 Å². The lowest BCUT2D eigenvalue weighted by molar-refractivity contribution is -0.140. The van der Waals surface area contributed by atoms with Gasteiger partial charge in [-0.2, -0.15) is 0 Å². The van der Waals surface area contributed by atoms with Crippen LogP contribution in [0.25, 0.3) is 0 Å². The highest BCUT2D eigenvalue weighted by molar-refractivity contribution is 7.47. The highest BCUT2D eigenvalue weighted by Crippen LogP contribution is 2.44. The van der Waals surface area contributed by atoms with Crippen LogP contribution in [0.2, 0.25) is 0 Å². The summed E-state index contributed by atoms with van der Waals surface area (Å²) in [5.74, 6) is -1.43. The number of nitrogens with one attached hydrogen (secondary N) is 1. The SMILES string of the molecule is CCCCOC(=O)NC(COP(=O)(O)OCc1ccccc1)C(=O)O. The van der Waals surface area contributed by atoms with Crippen LogP contribution in [0.3, 0.4) is 0 Å². The van der Waals surface area contributed by atoms with Crippen molar-refractivity contribution in [3.63, 3.8) is 0 Å². The molecule has 0 aromatic heterocycles. The number of carboxylic acids is 1. The number of rotatable bonds is 11. The number of unbranched alkanes of at least 4 members (excludes halogenated alkanes) is 1. The number of alkyl carbamates (subject to hydrolysis) is 1. The number of carboxylic acid groups (broad SMARTS) is 1. The lowest BCUT2D eigenvalue weighted by atomic mass is 10.2. The Hall–Kier alpha value is -1.93. The molecule has 0 saturated heterocycles. The summed E-state index contributed by atoms with van der Waals surface area (Å²) < 4.78 is 26.0. The zero-order chi connectivity index (χ0) is 18.7. The zero-order valence-electron chi connectivity index (χ0n) is 13.8. The van der Waals surface area contributed by atoms with E-state index in [9.17, 15) is 19.0 Å². The van der Waals surface area contributed by atoms with Crippen molar-refractivity contribution in [2.24, 2.45) is 0 Å². The van der Waals surface area contributed by atoms with Gasteiger partial charge in [0.1, 0.15) is 0 Å². The Labute approximate surface area is 145 Å². The van der Waals surface area contributed by atoms with Crippen LogP contribution in [0.15, 0.2) is 30.3 Å². The molecule has 0 aliphatic rings. The van der Waals surface area contributed by atoms with E-state index in [-0.39, 0.29) is 13.2 Å². The van der Waals surface area contributed by atoms with Crippen LogP contribution in [-0.2, 0) is 29.8 Å². The molecule has 25 heavy (non-hydrogen) atoms. The van der Waals surface area contributed by atoms with Gasteiger partial charge in [-0.25, -0.2) is 14.2 Å². The monoisotopic (exact) mass is 375 g/mol. The standard InChI is InChI=1S/C15H22NO8P/c1-2-3-9-22-15(19)16-13(14(17)18)11-24-25(20,21)23-10-12-7-5-4-6-8-12/h4-8,13H,2-3,9-11H2,1H3,(H,16,19)(H,17,18)(H,20,21). The van der Waals surface area contributed by atoms with Crippen molar-refractivity contribution in [2.45, 2.75) is 32.4 Å². The molecule has 2 unspecified atom stereocenters. The summed E-state index contributed by atoms with van der Waals surface area (Å²) in [6.45, 7) is 1.12. The number of phosphoric ester groups is 1. The average Bonchev–Trinajstić information content (AvgIpc) is 2.58. The lowest BCUT2D eigenvalue weighted by Gasteiger charge is -2.17. The van der Waals surface area contributed by atoms with Crippen molar-refractivity contribution in [2.75, 3.05) is 13.2 Å². The minimum atomic E-state index is -4.48. The maximum absolute atomic E-state index is 11.8. The number of carbonyl (C=O) groups excluding carboxylic acids is 1. The van der Waals surface area contributed by atoms with Gasteiger partial charge >= 0.3 is 19.9 Å². The molecule has 0 aliphatic carbocycles. The first-order chi connectivity index (χ1) is 11.8. The summed E-state index contributed by atoms with van der Waals surface area (Å²) in [6, 6.07) is 7.07. The lowest BCUT2D eigenvalue weighted by Crippen LogP contribution is -2.44. The average molecular weight is 375 g/mol. The van der Waals surface area contributed by atoms with Gasteiger partial charge in [0.05, 0.1) is 19.8 Å². The second-order valence-corrected chi connectivity index (χ2v) is 6.50. The van der Waals surface area contributed by atoms with E-state index in [0.717, 1.165) is 6.42 Å². The fourth-order valence-electron chi connectivity index (χ4n) is 1.60. The van der Waals surface area contributed by atoms with Gasteiger partial charge in [-0.3, -0.25) is 9.05 Å². The van der Waals surface area contributed by atoms with Gasteiger partial charge < -0.3 is 20.1 Å². The smallest absolute Gasteiger partial charge is 0.472 e. The molecule has 0 fully saturated rings. The van der Waals surface area contributed by atoms with Crippen molar-refractivity contribution in [1.29, 1.82) is 0 Å². The molecular weight excluding hydrogens is 353 g/mol. The molecule has 2 atom stereocenters. The Balaban J connectivity index is 2.45. The molecule has 140 valence electrons. The number of hydrogen-bond donors (Lipinski definition) is 3. The molecule has 1 rings (SSSR count). The molecule has 1 aromatic rings. The second kappa shape index (κ2) is 10.8. The summed E-state index contributed by atoms with van der Waals surface area (Å²) >= 11 is 0. The maximum atomic E-state index is 11.8. The van der Waals surface area contributed by atoms with Crippen LogP contribution in [0.4, 0.5) is 4.79 Å². The fraction of sp³-hybridized carbons (Fsp3) is 0.467. The van der Waals surface area contributed by atoms with Crippen LogP contribution < -0.4 is 5.32 Å². The van der Waals surface area contributed by atoms with Gasteiger partial charge in [-0.1, -0.05) is 43.7 Å². The van der Waals surface area contributed by atoms with Crippen molar-refractivity contribution in [3.8, 4) is 0 Å². The molecule has 0 radical (unpaired) electrons. The van der Waals surface area contributed by atoms with E-state index in [4.69, 9.17) is 14.4 Å². The van der Waals surface area contributed by atoms with E-state index in [0.29, 0.717) is 12.0 Å². The third-order valence-corrected chi connectivity index (χ3v) is 3.89. The van der Waals surface area contributed by atoms with Crippen molar-refractivity contribution >= 4 is 19.9 Å². The van der Waals surface area contributed by atoms with Gasteiger partial charge in [-0.15, -0.1) is 0 Å². The molecule has 3 N–H and O–H groups in total. The minimum Gasteiger partial charge on any atom is -0.480 e. The molecule has 9 nitrogen and oxygen atoms in total. The van der Waals surface area contributed by atoms with Crippen LogP contribution in [0.5, 0.6) is 0 Å². The Morgan fingerprint density at radius 1 is 1.24 bits per heavy atom. The first kappa shape index (κ1) is 21.1. The van der Waals surface area contributed by atoms with E-state index in [2.05, 4.69) is 4.52 Å². The number of benzene rings is 1.